The van der Waals surface area contributed by atoms with Crippen LogP contribution in [0.5, 0.6) is 0 Å². The fraction of sp³-hybridized carbons (Fsp3) is 0.364. The van der Waals surface area contributed by atoms with Crippen molar-refractivity contribution in [3.05, 3.63) is 30.0 Å². The summed E-state index contributed by atoms with van der Waals surface area (Å²) in [6.07, 6.45) is 4.99. The molecule has 1 aromatic heterocycles. The molecule has 1 aliphatic carbocycles. The van der Waals surface area contributed by atoms with Crippen molar-refractivity contribution < 1.29 is 14.3 Å². The molecule has 0 spiro atoms. The van der Waals surface area contributed by atoms with Crippen LogP contribution in [0.25, 0.3) is 0 Å². The minimum absolute atomic E-state index is 0.109. The smallest absolute Gasteiger partial charge is 0.310 e. The van der Waals surface area contributed by atoms with E-state index in [2.05, 4.69) is 15.3 Å². The number of halogens is 1. The summed E-state index contributed by atoms with van der Waals surface area (Å²) in [4.78, 5) is 18.3. The summed E-state index contributed by atoms with van der Waals surface area (Å²) in [5.41, 5.74) is 0.263. The third-order valence-electron chi connectivity index (χ3n) is 2.69. The third-order valence-corrected chi connectivity index (χ3v) is 2.69. The van der Waals surface area contributed by atoms with Gasteiger partial charge in [0.05, 0.1) is 11.6 Å². The Bertz CT molecular complexity index is 476. The monoisotopic (exact) mass is 237 g/mol. The van der Waals surface area contributed by atoms with E-state index in [4.69, 9.17) is 5.11 Å². The SMILES string of the molecule is Cc1ncnc(NC2C=CC(C(=O)O)C2)c1F. The largest absolute Gasteiger partial charge is 0.481 e. The maximum atomic E-state index is 13.6. The number of nitrogens with zero attached hydrogens (tertiary/aromatic N) is 2. The fourth-order valence-corrected chi connectivity index (χ4v) is 1.72. The van der Waals surface area contributed by atoms with Crippen LogP contribution in [-0.4, -0.2) is 27.1 Å². The molecule has 0 aromatic carbocycles. The van der Waals surface area contributed by atoms with E-state index in [-0.39, 0.29) is 17.6 Å². The molecule has 0 saturated carbocycles. The highest BCUT2D eigenvalue weighted by molar-refractivity contribution is 5.73. The summed E-state index contributed by atoms with van der Waals surface area (Å²) in [5, 5.41) is 11.7. The lowest BCUT2D eigenvalue weighted by Gasteiger charge is -2.13. The van der Waals surface area contributed by atoms with E-state index >= 15 is 0 Å². The number of nitrogens with one attached hydrogen (secondary N) is 1. The topological polar surface area (TPSA) is 75.1 Å². The Morgan fingerprint density at radius 3 is 2.94 bits per heavy atom. The standard InChI is InChI=1S/C11H12FN3O2/c1-6-9(12)10(14-5-13-6)15-8-3-2-7(4-8)11(16)17/h2-3,5,7-8H,4H2,1H3,(H,16,17)(H,13,14,15). The summed E-state index contributed by atoms with van der Waals surface area (Å²) >= 11 is 0. The third kappa shape index (κ3) is 2.41. The Kier molecular flexibility index (Phi) is 3.03. The molecule has 0 saturated heterocycles. The van der Waals surface area contributed by atoms with Gasteiger partial charge in [-0.05, 0) is 13.3 Å². The predicted octanol–water partition coefficient (Wildman–Crippen LogP) is 1.37. The quantitative estimate of drug-likeness (QED) is 0.776. The Balaban J connectivity index is 2.06. The molecule has 2 unspecified atom stereocenters. The van der Waals surface area contributed by atoms with Crippen LogP contribution in [-0.2, 0) is 4.79 Å². The van der Waals surface area contributed by atoms with Crippen LogP contribution in [0.3, 0.4) is 0 Å². The average Bonchev–Trinajstić information content (AvgIpc) is 2.73. The molecule has 1 heterocycles. The normalized spacial score (nSPS) is 22.7. The number of carboxylic acid groups (broad SMARTS) is 1. The number of aliphatic carboxylic acids is 1. The molecule has 1 aliphatic rings. The molecule has 0 bridgehead atoms. The number of carbonyl (C=O) groups is 1. The van der Waals surface area contributed by atoms with Crippen LogP contribution in [0.1, 0.15) is 12.1 Å². The first kappa shape index (κ1) is 11.5. The van der Waals surface area contributed by atoms with E-state index in [0.29, 0.717) is 6.42 Å². The van der Waals surface area contributed by atoms with Gasteiger partial charge in [0.2, 0.25) is 0 Å². The maximum Gasteiger partial charge on any atom is 0.310 e. The highest BCUT2D eigenvalue weighted by Gasteiger charge is 2.25. The lowest BCUT2D eigenvalue weighted by atomic mass is 10.1. The molecule has 0 amide bonds. The number of hydrogen-bond acceptors (Lipinski definition) is 4. The first-order valence-electron chi connectivity index (χ1n) is 5.22. The van der Waals surface area contributed by atoms with Crippen molar-refractivity contribution in [1.82, 2.24) is 9.97 Å². The van der Waals surface area contributed by atoms with Crippen molar-refractivity contribution in [1.29, 1.82) is 0 Å². The van der Waals surface area contributed by atoms with Gasteiger partial charge >= 0.3 is 5.97 Å². The maximum absolute atomic E-state index is 13.6. The van der Waals surface area contributed by atoms with E-state index in [1.54, 1.807) is 19.1 Å². The van der Waals surface area contributed by atoms with E-state index in [0.717, 1.165) is 0 Å². The second-order valence-corrected chi connectivity index (χ2v) is 3.94. The zero-order valence-corrected chi connectivity index (χ0v) is 9.22. The van der Waals surface area contributed by atoms with Crippen LogP contribution in [0.2, 0.25) is 0 Å². The molecule has 0 fully saturated rings. The number of anilines is 1. The molecule has 0 aliphatic heterocycles. The first-order valence-corrected chi connectivity index (χ1v) is 5.22. The number of aromatic nitrogens is 2. The molecular formula is C11H12FN3O2. The van der Waals surface area contributed by atoms with Gasteiger partial charge < -0.3 is 10.4 Å². The van der Waals surface area contributed by atoms with Crippen molar-refractivity contribution in [3.8, 4) is 0 Å². The first-order chi connectivity index (χ1) is 8.08. The summed E-state index contributed by atoms with van der Waals surface area (Å²) < 4.78 is 13.6. The molecule has 2 rings (SSSR count). The minimum Gasteiger partial charge on any atom is -0.481 e. The molecule has 2 N–H and O–H groups in total. The Labute approximate surface area is 97.4 Å². The second-order valence-electron chi connectivity index (χ2n) is 3.94. The molecule has 6 heteroatoms. The molecule has 0 radical (unpaired) electrons. The van der Waals surface area contributed by atoms with Gasteiger partial charge in [-0.15, -0.1) is 0 Å². The summed E-state index contributed by atoms with van der Waals surface area (Å²) in [6, 6.07) is -0.208. The van der Waals surface area contributed by atoms with Gasteiger partial charge in [0, 0.05) is 6.04 Å². The zero-order chi connectivity index (χ0) is 12.4. The second kappa shape index (κ2) is 4.48. The van der Waals surface area contributed by atoms with Gasteiger partial charge in [-0.2, -0.15) is 0 Å². The van der Waals surface area contributed by atoms with Crippen LogP contribution >= 0.6 is 0 Å². The number of carboxylic acids is 1. The number of rotatable bonds is 3. The minimum atomic E-state index is -0.870. The summed E-state index contributed by atoms with van der Waals surface area (Å²) in [5.74, 6) is -1.78. The highest BCUT2D eigenvalue weighted by atomic mass is 19.1. The zero-order valence-electron chi connectivity index (χ0n) is 9.22. The Morgan fingerprint density at radius 1 is 1.53 bits per heavy atom. The van der Waals surface area contributed by atoms with E-state index in [1.807, 2.05) is 0 Å². The fourth-order valence-electron chi connectivity index (χ4n) is 1.72. The molecule has 5 nitrogen and oxygen atoms in total. The number of aryl methyl sites for hydroxylation is 1. The Hall–Kier alpha value is -1.98. The average molecular weight is 237 g/mol. The molecule has 90 valence electrons. The van der Waals surface area contributed by atoms with Gasteiger partial charge in [-0.25, -0.2) is 14.4 Å². The molecular weight excluding hydrogens is 225 g/mol. The van der Waals surface area contributed by atoms with Gasteiger partial charge in [0.15, 0.2) is 11.6 Å². The van der Waals surface area contributed by atoms with E-state index in [1.165, 1.54) is 6.33 Å². The van der Waals surface area contributed by atoms with Gasteiger partial charge in [0.1, 0.15) is 6.33 Å². The van der Waals surface area contributed by atoms with Gasteiger partial charge in [-0.3, -0.25) is 4.79 Å². The summed E-state index contributed by atoms with van der Waals surface area (Å²) in [6.45, 7) is 1.55. The van der Waals surface area contributed by atoms with Crippen molar-refractivity contribution in [2.75, 3.05) is 5.32 Å². The van der Waals surface area contributed by atoms with Crippen LogP contribution in [0, 0.1) is 18.7 Å². The Morgan fingerprint density at radius 2 is 2.29 bits per heavy atom. The van der Waals surface area contributed by atoms with Gasteiger partial charge in [0.25, 0.3) is 0 Å². The van der Waals surface area contributed by atoms with Crippen molar-refractivity contribution in [2.24, 2.45) is 5.92 Å². The number of hydrogen-bond donors (Lipinski definition) is 2. The predicted molar refractivity (Wildman–Crippen MR) is 59.0 cm³/mol. The van der Waals surface area contributed by atoms with Crippen LogP contribution in [0.15, 0.2) is 18.5 Å². The van der Waals surface area contributed by atoms with Gasteiger partial charge in [-0.1, -0.05) is 12.2 Å². The lowest BCUT2D eigenvalue weighted by molar-refractivity contribution is -0.140. The molecule has 2 atom stereocenters. The van der Waals surface area contributed by atoms with Crippen LogP contribution in [0.4, 0.5) is 10.2 Å². The highest BCUT2D eigenvalue weighted by Crippen LogP contribution is 2.22. The molecule has 17 heavy (non-hydrogen) atoms. The summed E-state index contributed by atoms with van der Waals surface area (Å²) in [7, 11) is 0. The van der Waals surface area contributed by atoms with Crippen LogP contribution < -0.4 is 5.32 Å². The van der Waals surface area contributed by atoms with Crippen molar-refractivity contribution >= 4 is 11.8 Å². The van der Waals surface area contributed by atoms with Crippen molar-refractivity contribution in [3.63, 3.8) is 0 Å². The lowest BCUT2D eigenvalue weighted by Crippen LogP contribution is -2.20. The molecule has 1 aromatic rings. The van der Waals surface area contributed by atoms with E-state index < -0.39 is 17.7 Å². The van der Waals surface area contributed by atoms with Crippen molar-refractivity contribution in [2.45, 2.75) is 19.4 Å². The van der Waals surface area contributed by atoms with E-state index in [9.17, 15) is 9.18 Å².